The van der Waals surface area contributed by atoms with Crippen LogP contribution in [0.1, 0.15) is 57.8 Å². The van der Waals surface area contributed by atoms with Crippen molar-refractivity contribution in [2.24, 2.45) is 0 Å². The Hall–Kier alpha value is -3.12. The summed E-state index contributed by atoms with van der Waals surface area (Å²) in [6.45, 7) is 6.52. The fourth-order valence-electron chi connectivity index (χ4n) is 3.17. The number of aromatic nitrogens is 2. The van der Waals surface area contributed by atoms with E-state index >= 15 is 0 Å². The van der Waals surface area contributed by atoms with Crippen LogP contribution in [-0.4, -0.2) is 27.6 Å². The van der Waals surface area contributed by atoms with Crippen LogP contribution >= 0.6 is 11.6 Å². The first-order chi connectivity index (χ1) is 14.9. The van der Waals surface area contributed by atoms with Crippen LogP contribution in [0, 0.1) is 6.92 Å². The molecule has 1 heterocycles. The number of carbonyl (C=O) groups excluding carboxylic acids is 2. The lowest BCUT2D eigenvalue weighted by Gasteiger charge is -2.12. The van der Waals surface area contributed by atoms with Crippen LogP contribution in [0.25, 0.3) is 0 Å². The molecule has 2 N–H and O–H groups in total. The number of benzene rings is 2. The van der Waals surface area contributed by atoms with Gasteiger partial charge in [0.2, 0.25) is 0 Å². The van der Waals surface area contributed by atoms with E-state index in [4.69, 9.17) is 11.6 Å². The molecule has 0 saturated heterocycles. The fraction of sp³-hybridized carbons (Fsp3) is 0.292. The van der Waals surface area contributed by atoms with Gasteiger partial charge >= 0.3 is 0 Å². The maximum Gasteiger partial charge on any atom is 0.256 e. The molecule has 0 aliphatic carbocycles. The number of nitrogens with one attached hydrogen (secondary N) is 2. The molecule has 0 bridgehead atoms. The van der Waals surface area contributed by atoms with E-state index in [-0.39, 0.29) is 24.4 Å². The molecular weight excluding hydrogens is 412 g/mol. The first kappa shape index (κ1) is 22.6. The average Bonchev–Trinajstić information content (AvgIpc) is 3.05. The van der Waals surface area contributed by atoms with Gasteiger partial charge in [0.15, 0.2) is 0 Å². The molecule has 3 rings (SSSR count). The predicted octanol–water partition coefficient (Wildman–Crippen LogP) is 4.35. The van der Waals surface area contributed by atoms with Crippen molar-refractivity contribution in [1.82, 2.24) is 20.4 Å². The van der Waals surface area contributed by atoms with Crippen LogP contribution in [0.3, 0.4) is 0 Å². The highest BCUT2D eigenvalue weighted by Gasteiger charge is 2.20. The molecule has 1 unspecified atom stereocenters. The molecule has 0 spiro atoms. The number of halogens is 1. The minimum atomic E-state index is -0.295. The SMILES string of the molecule is CCC(C)NC(=O)c1cccc(CNC(=O)c2c(C)nn(Cc3ccccc3)c2Cl)c1. The van der Waals surface area contributed by atoms with E-state index in [0.717, 1.165) is 17.5 Å². The topological polar surface area (TPSA) is 76.0 Å². The van der Waals surface area contributed by atoms with E-state index in [1.165, 1.54) is 0 Å². The van der Waals surface area contributed by atoms with Gasteiger partial charge in [0.05, 0.1) is 17.8 Å². The second-order valence-corrected chi connectivity index (χ2v) is 7.92. The van der Waals surface area contributed by atoms with Crippen LogP contribution in [0.15, 0.2) is 54.6 Å². The summed E-state index contributed by atoms with van der Waals surface area (Å²) < 4.78 is 1.63. The van der Waals surface area contributed by atoms with E-state index in [0.29, 0.717) is 28.5 Å². The van der Waals surface area contributed by atoms with Crippen molar-refractivity contribution in [3.8, 4) is 0 Å². The summed E-state index contributed by atoms with van der Waals surface area (Å²) in [7, 11) is 0. The summed E-state index contributed by atoms with van der Waals surface area (Å²) in [4.78, 5) is 25.1. The zero-order valence-corrected chi connectivity index (χ0v) is 18.7. The summed E-state index contributed by atoms with van der Waals surface area (Å²) in [5.41, 5.74) is 3.38. The molecule has 0 saturated carbocycles. The lowest BCUT2D eigenvalue weighted by atomic mass is 10.1. The third kappa shape index (κ3) is 5.73. The van der Waals surface area contributed by atoms with E-state index in [1.807, 2.05) is 56.3 Å². The molecule has 2 aromatic carbocycles. The Morgan fingerprint density at radius 3 is 2.48 bits per heavy atom. The van der Waals surface area contributed by atoms with E-state index < -0.39 is 0 Å². The number of amides is 2. The van der Waals surface area contributed by atoms with Crippen LogP contribution in [0.5, 0.6) is 0 Å². The van der Waals surface area contributed by atoms with Gasteiger partial charge in [0.25, 0.3) is 11.8 Å². The standard InChI is InChI=1S/C24H27ClN4O2/c1-4-16(2)27-23(30)20-12-8-11-19(13-20)14-26-24(31)21-17(3)28-29(22(21)25)15-18-9-6-5-7-10-18/h5-13,16H,4,14-15H2,1-3H3,(H,26,31)(H,27,30). The lowest BCUT2D eigenvalue weighted by molar-refractivity contribution is 0.0936. The van der Waals surface area contributed by atoms with Crippen LogP contribution in [0.4, 0.5) is 0 Å². The summed E-state index contributed by atoms with van der Waals surface area (Å²) in [5, 5.41) is 10.6. The second kappa shape index (κ2) is 10.3. The van der Waals surface area contributed by atoms with Gasteiger partial charge in [-0.05, 0) is 43.5 Å². The third-order valence-electron chi connectivity index (χ3n) is 5.10. The highest BCUT2D eigenvalue weighted by Crippen LogP contribution is 2.21. The molecule has 0 aliphatic rings. The Balaban J connectivity index is 1.67. The Morgan fingerprint density at radius 1 is 1.06 bits per heavy atom. The zero-order valence-electron chi connectivity index (χ0n) is 18.0. The van der Waals surface area contributed by atoms with E-state index in [1.54, 1.807) is 23.7 Å². The number of carbonyl (C=O) groups is 2. The van der Waals surface area contributed by atoms with Crippen molar-refractivity contribution in [2.75, 3.05) is 0 Å². The Labute approximate surface area is 187 Å². The summed E-state index contributed by atoms with van der Waals surface area (Å²) in [6, 6.07) is 17.1. The molecule has 2 amide bonds. The molecule has 0 fully saturated rings. The average molecular weight is 439 g/mol. The van der Waals surface area contributed by atoms with Gasteiger partial charge in [0.1, 0.15) is 5.15 Å². The first-order valence-electron chi connectivity index (χ1n) is 10.3. The molecular formula is C24H27ClN4O2. The Kier molecular flexibility index (Phi) is 7.47. The van der Waals surface area contributed by atoms with Crippen LogP contribution < -0.4 is 10.6 Å². The normalized spacial score (nSPS) is 11.7. The van der Waals surface area contributed by atoms with E-state index in [2.05, 4.69) is 15.7 Å². The Morgan fingerprint density at radius 2 is 1.77 bits per heavy atom. The van der Waals surface area contributed by atoms with Gasteiger partial charge < -0.3 is 10.6 Å². The van der Waals surface area contributed by atoms with Crippen molar-refractivity contribution in [3.05, 3.63) is 87.7 Å². The van der Waals surface area contributed by atoms with E-state index in [9.17, 15) is 9.59 Å². The molecule has 7 heteroatoms. The monoisotopic (exact) mass is 438 g/mol. The minimum Gasteiger partial charge on any atom is -0.350 e. The molecule has 3 aromatic rings. The molecule has 0 aliphatic heterocycles. The number of rotatable bonds is 8. The molecule has 31 heavy (non-hydrogen) atoms. The van der Waals surface area contributed by atoms with Gasteiger partial charge in [-0.1, -0.05) is 61.0 Å². The van der Waals surface area contributed by atoms with Crippen molar-refractivity contribution in [3.63, 3.8) is 0 Å². The maximum absolute atomic E-state index is 12.8. The van der Waals surface area contributed by atoms with Gasteiger partial charge in [-0.3, -0.25) is 9.59 Å². The van der Waals surface area contributed by atoms with Gasteiger partial charge in [-0.15, -0.1) is 0 Å². The highest BCUT2D eigenvalue weighted by molar-refractivity contribution is 6.33. The number of aryl methyl sites for hydroxylation is 1. The fourth-order valence-corrected chi connectivity index (χ4v) is 3.49. The van der Waals surface area contributed by atoms with Crippen LogP contribution in [-0.2, 0) is 13.1 Å². The largest absolute Gasteiger partial charge is 0.350 e. The maximum atomic E-state index is 12.8. The van der Waals surface area contributed by atoms with Crippen molar-refractivity contribution in [1.29, 1.82) is 0 Å². The predicted molar refractivity (Wildman–Crippen MR) is 122 cm³/mol. The molecule has 1 aromatic heterocycles. The molecule has 0 radical (unpaired) electrons. The first-order valence-corrected chi connectivity index (χ1v) is 10.7. The minimum absolute atomic E-state index is 0.105. The summed E-state index contributed by atoms with van der Waals surface area (Å²) >= 11 is 6.47. The lowest BCUT2D eigenvalue weighted by Crippen LogP contribution is -2.32. The third-order valence-corrected chi connectivity index (χ3v) is 5.48. The molecule has 6 nitrogen and oxygen atoms in total. The number of hydrogen-bond donors (Lipinski definition) is 2. The Bertz CT molecular complexity index is 1060. The van der Waals surface area contributed by atoms with Crippen molar-refractivity contribution < 1.29 is 9.59 Å². The smallest absolute Gasteiger partial charge is 0.256 e. The summed E-state index contributed by atoms with van der Waals surface area (Å²) in [6.07, 6.45) is 0.861. The molecule has 1 atom stereocenters. The highest BCUT2D eigenvalue weighted by atomic mass is 35.5. The number of hydrogen-bond acceptors (Lipinski definition) is 3. The van der Waals surface area contributed by atoms with Crippen molar-refractivity contribution in [2.45, 2.75) is 46.3 Å². The van der Waals surface area contributed by atoms with Crippen molar-refractivity contribution >= 4 is 23.4 Å². The van der Waals surface area contributed by atoms with Crippen LogP contribution in [0.2, 0.25) is 5.15 Å². The van der Waals surface area contributed by atoms with Gasteiger partial charge in [-0.25, -0.2) is 4.68 Å². The quantitative estimate of drug-likeness (QED) is 0.549. The molecule has 162 valence electrons. The van der Waals surface area contributed by atoms with Gasteiger partial charge in [-0.2, -0.15) is 5.10 Å². The zero-order chi connectivity index (χ0) is 22.4. The second-order valence-electron chi connectivity index (χ2n) is 7.56. The van der Waals surface area contributed by atoms with Gasteiger partial charge in [0, 0.05) is 18.2 Å². The number of nitrogens with zero attached hydrogens (tertiary/aromatic N) is 2. The summed E-state index contributed by atoms with van der Waals surface area (Å²) in [5.74, 6) is -0.417.